The number of halogens is 1. The molecule has 0 aromatic heterocycles. The van der Waals surface area contributed by atoms with Crippen molar-refractivity contribution in [3.05, 3.63) is 22.7 Å². The number of carbonyl (C=O) groups excluding carboxylic acids is 1. The van der Waals surface area contributed by atoms with Crippen LogP contribution in [0.2, 0.25) is 5.02 Å². The topological polar surface area (TPSA) is 61.5 Å². The van der Waals surface area contributed by atoms with Gasteiger partial charge in [-0.2, -0.15) is 0 Å². The van der Waals surface area contributed by atoms with E-state index < -0.39 is 0 Å². The second-order valence-corrected chi connectivity index (χ2v) is 3.56. The highest BCUT2D eigenvalue weighted by Gasteiger charge is 2.14. The van der Waals surface area contributed by atoms with Crippen molar-refractivity contribution in [2.24, 2.45) is 5.73 Å². The number of Topliss-reactive ketones (excluding diaryl/α,β-unsaturated/α-hetero) is 1. The zero-order valence-electron chi connectivity index (χ0n) is 9.25. The molecule has 0 saturated carbocycles. The fraction of sp³-hybridized carbons (Fsp3) is 0.364. The van der Waals surface area contributed by atoms with Crippen LogP contribution >= 0.6 is 11.6 Å². The fourth-order valence-electron chi connectivity index (χ4n) is 1.33. The van der Waals surface area contributed by atoms with Crippen LogP contribution in [0, 0.1) is 0 Å². The van der Waals surface area contributed by atoms with Gasteiger partial charge in [-0.1, -0.05) is 11.6 Å². The van der Waals surface area contributed by atoms with E-state index in [4.69, 9.17) is 26.8 Å². The summed E-state index contributed by atoms with van der Waals surface area (Å²) in [7, 11) is 3.01. The first-order valence-corrected chi connectivity index (χ1v) is 5.16. The molecular weight excluding hydrogens is 230 g/mol. The predicted octanol–water partition coefficient (Wildman–Crippen LogP) is 1.89. The van der Waals surface area contributed by atoms with Gasteiger partial charge in [-0.15, -0.1) is 0 Å². The monoisotopic (exact) mass is 243 g/mol. The Hall–Kier alpha value is -1.26. The summed E-state index contributed by atoms with van der Waals surface area (Å²) in [6.07, 6.45) is 0.259. The minimum absolute atomic E-state index is 0.103. The standard InChI is InChI=1S/C11H14ClNO3/c1-15-10-5-7(9(14)3-4-13)8(12)6-11(10)16-2/h5-6H,3-4,13H2,1-2H3. The lowest BCUT2D eigenvalue weighted by Gasteiger charge is -2.10. The van der Waals surface area contributed by atoms with Crippen molar-refractivity contribution in [3.63, 3.8) is 0 Å². The van der Waals surface area contributed by atoms with Crippen LogP contribution in [0.4, 0.5) is 0 Å². The molecule has 0 radical (unpaired) electrons. The predicted molar refractivity (Wildman–Crippen MR) is 62.6 cm³/mol. The van der Waals surface area contributed by atoms with Crippen LogP contribution in [0.25, 0.3) is 0 Å². The Morgan fingerprint density at radius 1 is 1.31 bits per heavy atom. The van der Waals surface area contributed by atoms with Crippen LogP contribution in [0.5, 0.6) is 11.5 Å². The molecular formula is C11H14ClNO3. The van der Waals surface area contributed by atoms with E-state index in [9.17, 15) is 4.79 Å². The van der Waals surface area contributed by atoms with Gasteiger partial charge in [0.2, 0.25) is 0 Å². The normalized spacial score (nSPS) is 10.0. The maximum atomic E-state index is 11.7. The maximum Gasteiger partial charge on any atom is 0.165 e. The molecule has 2 N–H and O–H groups in total. The first-order chi connectivity index (χ1) is 7.63. The van der Waals surface area contributed by atoms with Crippen molar-refractivity contribution >= 4 is 17.4 Å². The van der Waals surface area contributed by atoms with Gasteiger partial charge in [-0.3, -0.25) is 4.79 Å². The average Bonchev–Trinajstić information content (AvgIpc) is 2.28. The van der Waals surface area contributed by atoms with Crippen LogP contribution in [0.3, 0.4) is 0 Å². The Bertz CT molecular complexity index is 393. The van der Waals surface area contributed by atoms with Crippen molar-refractivity contribution in [2.75, 3.05) is 20.8 Å². The molecule has 0 heterocycles. The van der Waals surface area contributed by atoms with Gasteiger partial charge in [0.05, 0.1) is 19.2 Å². The van der Waals surface area contributed by atoms with Gasteiger partial charge in [0.25, 0.3) is 0 Å². The first-order valence-electron chi connectivity index (χ1n) is 4.78. The summed E-state index contributed by atoms with van der Waals surface area (Å²) in [5, 5.41) is 0.344. The lowest BCUT2D eigenvalue weighted by molar-refractivity contribution is 0.0985. The molecule has 16 heavy (non-hydrogen) atoms. The third-order valence-corrected chi connectivity index (χ3v) is 2.46. The Morgan fingerprint density at radius 3 is 2.38 bits per heavy atom. The highest BCUT2D eigenvalue weighted by Crippen LogP contribution is 2.33. The van der Waals surface area contributed by atoms with Crippen LogP contribution in [-0.2, 0) is 0 Å². The third kappa shape index (κ3) is 2.65. The molecule has 1 aromatic carbocycles. The van der Waals surface area contributed by atoms with Crippen LogP contribution in [0.1, 0.15) is 16.8 Å². The van der Waals surface area contributed by atoms with Crippen LogP contribution in [-0.4, -0.2) is 26.5 Å². The Kier molecular flexibility index (Phi) is 4.58. The molecule has 1 aromatic rings. The zero-order valence-corrected chi connectivity index (χ0v) is 10.0. The SMILES string of the molecule is COc1cc(Cl)c(C(=O)CCN)cc1OC. The lowest BCUT2D eigenvalue weighted by Crippen LogP contribution is -2.09. The average molecular weight is 244 g/mol. The van der Waals surface area contributed by atoms with E-state index in [2.05, 4.69) is 0 Å². The van der Waals surface area contributed by atoms with Crippen molar-refractivity contribution in [2.45, 2.75) is 6.42 Å². The molecule has 88 valence electrons. The van der Waals surface area contributed by atoms with Crippen molar-refractivity contribution in [1.29, 1.82) is 0 Å². The smallest absolute Gasteiger partial charge is 0.165 e. The largest absolute Gasteiger partial charge is 0.493 e. The molecule has 0 aliphatic rings. The molecule has 0 aliphatic carbocycles. The molecule has 4 nitrogen and oxygen atoms in total. The Labute approximate surface area is 99.3 Å². The van der Waals surface area contributed by atoms with E-state index >= 15 is 0 Å². The minimum Gasteiger partial charge on any atom is -0.493 e. The summed E-state index contributed by atoms with van der Waals surface area (Å²) < 4.78 is 10.2. The molecule has 0 fully saturated rings. The quantitative estimate of drug-likeness (QED) is 0.803. The van der Waals surface area contributed by atoms with Crippen molar-refractivity contribution < 1.29 is 14.3 Å². The molecule has 0 aliphatic heterocycles. The van der Waals surface area contributed by atoms with E-state index in [1.165, 1.54) is 14.2 Å². The van der Waals surface area contributed by atoms with Gasteiger partial charge >= 0.3 is 0 Å². The van der Waals surface area contributed by atoms with E-state index in [0.717, 1.165) is 0 Å². The van der Waals surface area contributed by atoms with Gasteiger partial charge in [0.15, 0.2) is 17.3 Å². The van der Waals surface area contributed by atoms with Crippen LogP contribution in [0.15, 0.2) is 12.1 Å². The first kappa shape index (κ1) is 12.8. The van der Waals surface area contributed by atoms with E-state index in [0.29, 0.717) is 28.6 Å². The van der Waals surface area contributed by atoms with Gasteiger partial charge in [-0.05, 0) is 12.6 Å². The molecule has 0 amide bonds. The number of benzene rings is 1. The second kappa shape index (κ2) is 5.72. The lowest BCUT2D eigenvalue weighted by atomic mass is 10.1. The number of hydrogen-bond acceptors (Lipinski definition) is 4. The van der Waals surface area contributed by atoms with Crippen molar-refractivity contribution in [1.82, 2.24) is 0 Å². The molecule has 0 bridgehead atoms. The van der Waals surface area contributed by atoms with Crippen LogP contribution < -0.4 is 15.2 Å². The van der Waals surface area contributed by atoms with E-state index in [-0.39, 0.29) is 12.2 Å². The van der Waals surface area contributed by atoms with Gasteiger partial charge in [-0.25, -0.2) is 0 Å². The fourth-order valence-corrected chi connectivity index (χ4v) is 1.59. The summed E-state index contributed by atoms with van der Waals surface area (Å²) in [5.74, 6) is 0.873. The zero-order chi connectivity index (χ0) is 12.1. The van der Waals surface area contributed by atoms with Gasteiger partial charge in [0.1, 0.15) is 0 Å². The highest BCUT2D eigenvalue weighted by molar-refractivity contribution is 6.34. The Balaban J connectivity index is 3.15. The van der Waals surface area contributed by atoms with E-state index in [1.807, 2.05) is 0 Å². The van der Waals surface area contributed by atoms with Gasteiger partial charge in [0, 0.05) is 18.1 Å². The molecule has 1 rings (SSSR count). The summed E-state index contributed by atoms with van der Waals surface area (Å²) in [6, 6.07) is 3.13. The second-order valence-electron chi connectivity index (χ2n) is 3.15. The summed E-state index contributed by atoms with van der Waals surface area (Å²) in [6.45, 7) is 0.295. The maximum absolute atomic E-state index is 11.7. The molecule has 0 unspecified atom stereocenters. The summed E-state index contributed by atoms with van der Waals surface area (Å²) in [5.41, 5.74) is 5.73. The number of hydrogen-bond donors (Lipinski definition) is 1. The minimum atomic E-state index is -0.103. The number of ketones is 1. The number of carbonyl (C=O) groups is 1. The molecule has 5 heteroatoms. The summed E-state index contributed by atoms with van der Waals surface area (Å²) in [4.78, 5) is 11.7. The molecule has 0 saturated heterocycles. The number of nitrogens with two attached hydrogens (primary N) is 1. The molecule has 0 spiro atoms. The number of methoxy groups -OCH3 is 2. The molecule has 0 atom stereocenters. The number of ether oxygens (including phenoxy) is 2. The van der Waals surface area contributed by atoms with E-state index in [1.54, 1.807) is 12.1 Å². The highest BCUT2D eigenvalue weighted by atomic mass is 35.5. The third-order valence-electron chi connectivity index (χ3n) is 2.15. The number of rotatable bonds is 5. The van der Waals surface area contributed by atoms with Gasteiger partial charge < -0.3 is 15.2 Å². The van der Waals surface area contributed by atoms with Crippen molar-refractivity contribution in [3.8, 4) is 11.5 Å². The Morgan fingerprint density at radius 2 is 1.88 bits per heavy atom. The summed E-state index contributed by atoms with van der Waals surface area (Å²) >= 11 is 5.97.